The highest BCUT2D eigenvalue weighted by molar-refractivity contribution is 5.96. The van der Waals surface area contributed by atoms with Crippen molar-refractivity contribution in [1.29, 1.82) is 0 Å². The summed E-state index contributed by atoms with van der Waals surface area (Å²) in [5.41, 5.74) is 7.87. The Bertz CT molecular complexity index is 959. The van der Waals surface area contributed by atoms with E-state index < -0.39 is 0 Å². The normalized spacial score (nSPS) is 14.0. The van der Waals surface area contributed by atoms with Gasteiger partial charge < -0.3 is 9.64 Å². The molecule has 1 aliphatic rings. The molecule has 0 unspecified atom stereocenters. The number of hydrogen-bond acceptors (Lipinski definition) is 2. The molecule has 1 heterocycles. The zero-order chi connectivity index (χ0) is 18.8. The molecule has 0 saturated heterocycles. The number of anilines is 1. The van der Waals surface area contributed by atoms with Gasteiger partial charge in [-0.05, 0) is 42.7 Å². The Kier molecular flexibility index (Phi) is 4.78. The summed E-state index contributed by atoms with van der Waals surface area (Å²) in [5.74, 6) is -0.00240. The van der Waals surface area contributed by atoms with E-state index in [1.807, 2.05) is 11.0 Å². The van der Waals surface area contributed by atoms with Gasteiger partial charge in [0.25, 0.3) is 5.91 Å². The van der Waals surface area contributed by atoms with Crippen molar-refractivity contribution in [3.63, 3.8) is 0 Å². The summed E-state index contributed by atoms with van der Waals surface area (Å²) in [6.07, 6.45) is 0. The van der Waals surface area contributed by atoms with E-state index in [-0.39, 0.29) is 12.5 Å². The molecule has 0 N–H and O–H groups in total. The minimum absolute atomic E-state index is 0.00240. The van der Waals surface area contributed by atoms with E-state index in [2.05, 4.69) is 74.5 Å². The van der Waals surface area contributed by atoms with E-state index in [4.69, 9.17) is 4.74 Å². The highest BCUT2D eigenvalue weighted by atomic mass is 16.5. The molecule has 0 radical (unpaired) electrons. The maximum atomic E-state index is 12.6. The largest absolute Gasteiger partial charge is 0.367 e. The second-order valence-electron chi connectivity index (χ2n) is 7.17. The summed E-state index contributed by atoms with van der Waals surface area (Å²) in [7, 11) is 0. The summed E-state index contributed by atoms with van der Waals surface area (Å²) in [6, 6.07) is 23.1. The topological polar surface area (TPSA) is 29.5 Å². The second kappa shape index (κ2) is 7.37. The molecular weight excluding hydrogens is 334 g/mol. The highest BCUT2D eigenvalue weighted by Gasteiger charge is 2.23. The molecule has 3 aromatic carbocycles. The number of nitrogens with zero attached hydrogens (tertiary/aromatic N) is 1. The Balaban J connectivity index is 1.69. The molecule has 0 atom stereocenters. The van der Waals surface area contributed by atoms with Crippen molar-refractivity contribution in [2.75, 3.05) is 11.5 Å². The lowest BCUT2D eigenvalue weighted by Gasteiger charge is -2.23. The Morgan fingerprint density at radius 1 is 0.815 bits per heavy atom. The van der Waals surface area contributed by atoms with Crippen molar-refractivity contribution >= 4 is 11.6 Å². The predicted molar refractivity (Wildman–Crippen MR) is 109 cm³/mol. The third-order valence-electron chi connectivity index (χ3n) is 5.00. The molecule has 3 aromatic rings. The van der Waals surface area contributed by atoms with Crippen LogP contribution in [-0.4, -0.2) is 12.5 Å². The summed E-state index contributed by atoms with van der Waals surface area (Å²) < 4.78 is 5.64. The first kappa shape index (κ1) is 17.5. The molecule has 27 heavy (non-hydrogen) atoms. The Morgan fingerprint density at radius 3 is 2.15 bits per heavy atom. The molecule has 136 valence electrons. The molecule has 4 rings (SSSR count). The quantitative estimate of drug-likeness (QED) is 0.658. The SMILES string of the molecule is Cc1ccc(CN2C(=O)COCc3cc(-c4ccc(C)cc4)ccc32)cc1. The molecule has 3 heteroatoms. The first-order valence-corrected chi connectivity index (χ1v) is 9.24. The summed E-state index contributed by atoms with van der Waals surface area (Å²) >= 11 is 0. The van der Waals surface area contributed by atoms with Crippen molar-refractivity contribution in [2.45, 2.75) is 27.0 Å². The van der Waals surface area contributed by atoms with Gasteiger partial charge in [0.1, 0.15) is 6.61 Å². The molecule has 0 bridgehead atoms. The minimum atomic E-state index is -0.00240. The van der Waals surface area contributed by atoms with E-state index >= 15 is 0 Å². The maximum Gasteiger partial charge on any atom is 0.253 e. The summed E-state index contributed by atoms with van der Waals surface area (Å²) in [4.78, 5) is 14.5. The lowest BCUT2D eigenvalue weighted by atomic mass is 10.0. The number of amides is 1. The van der Waals surface area contributed by atoms with Gasteiger partial charge in [-0.1, -0.05) is 65.7 Å². The number of benzene rings is 3. The van der Waals surface area contributed by atoms with Crippen LogP contribution in [0.3, 0.4) is 0 Å². The highest BCUT2D eigenvalue weighted by Crippen LogP contribution is 2.31. The molecule has 0 saturated carbocycles. The van der Waals surface area contributed by atoms with Gasteiger partial charge >= 0.3 is 0 Å². The smallest absolute Gasteiger partial charge is 0.253 e. The number of aryl methyl sites for hydroxylation is 2. The first-order chi connectivity index (χ1) is 13.1. The van der Waals surface area contributed by atoms with Gasteiger partial charge in [0.05, 0.1) is 13.2 Å². The molecule has 0 aliphatic carbocycles. The fraction of sp³-hybridized carbons (Fsp3) is 0.208. The molecule has 0 aromatic heterocycles. The van der Waals surface area contributed by atoms with Crippen LogP contribution in [-0.2, 0) is 22.7 Å². The molecule has 0 fully saturated rings. The van der Waals surface area contributed by atoms with E-state index in [1.54, 1.807) is 0 Å². The summed E-state index contributed by atoms with van der Waals surface area (Å²) in [6.45, 7) is 5.27. The fourth-order valence-electron chi connectivity index (χ4n) is 3.40. The molecule has 3 nitrogen and oxygen atoms in total. The van der Waals surface area contributed by atoms with Crippen molar-refractivity contribution < 1.29 is 9.53 Å². The van der Waals surface area contributed by atoms with Crippen LogP contribution in [0.4, 0.5) is 5.69 Å². The number of hydrogen-bond donors (Lipinski definition) is 0. The second-order valence-corrected chi connectivity index (χ2v) is 7.17. The van der Waals surface area contributed by atoms with Gasteiger partial charge in [0.2, 0.25) is 0 Å². The third-order valence-corrected chi connectivity index (χ3v) is 5.00. The van der Waals surface area contributed by atoms with Crippen molar-refractivity contribution in [3.8, 4) is 11.1 Å². The third kappa shape index (κ3) is 3.79. The molecule has 1 amide bonds. The van der Waals surface area contributed by atoms with E-state index in [0.29, 0.717) is 13.2 Å². The number of carbonyl (C=O) groups is 1. The number of carbonyl (C=O) groups excluding carboxylic acids is 1. The van der Waals surface area contributed by atoms with Crippen LogP contribution in [0, 0.1) is 13.8 Å². The van der Waals surface area contributed by atoms with Crippen LogP contribution in [0.15, 0.2) is 66.7 Å². The first-order valence-electron chi connectivity index (χ1n) is 9.24. The van der Waals surface area contributed by atoms with Gasteiger partial charge in [0, 0.05) is 11.3 Å². The van der Waals surface area contributed by atoms with Gasteiger partial charge in [-0.25, -0.2) is 0 Å². The minimum Gasteiger partial charge on any atom is -0.367 e. The lowest BCUT2D eigenvalue weighted by molar-refractivity contribution is -0.123. The van der Waals surface area contributed by atoms with Crippen LogP contribution in [0.2, 0.25) is 0 Å². The van der Waals surface area contributed by atoms with E-state index in [9.17, 15) is 4.79 Å². The fourth-order valence-corrected chi connectivity index (χ4v) is 3.40. The van der Waals surface area contributed by atoms with Gasteiger partial charge in [-0.15, -0.1) is 0 Å². The van der Waals surface area contributed by atoms with Crippen LogP contribution in [0.1, 0.15) is 22.3 Å². The van der Waals surface area contributed by atoms with E-state index in [0.717, 1.165) is 22.4 Å². The van der Waals surface area contributed by atoms with Crippen LogP contribution < -0.4 is 4.90 Å². The lowest BCUT2D eigenvalue weighted by Crippen LogP contribution is -2.32. The number of ether oxygens (including phenoxy) is 1. The zero-order valence-corrected chi connectivity index (χ0v) is 15.7. The molecule has 1 aliphatic heterocycles. The van der Waals surface area contributed by atoms with Gasteiger partial charge in [-0.3, -0.25) is 4.79 Å². The average Bonchev–Trinajstić information content (AvgIpc) is 2.83. The van der Waals surface area contributed by atoms with Crippen LogP contribution in [0.25, 0.3) is 11.1 Å². The number of rotatable bonds is 3. The Morgan fingerprint density at radius 2 is 1.44 bits per heavy atom. The Hall–Kier alpha value is -2.91. The van der Waals surface area contributed by atoms with Crippen LogP contribution >= 0.6 is 0 Å². The Labute approximate surface area is 160 Å². The zero-order valence-electron chi connectivity index (χ0n) is 15.7. The van der Waals surface area contributed by atoms with Crippen molar-refractivity contribution in [3.05, 3.63) is 89.0 Å². The van der Waals surface area contributed by atoms with Gasteiger partial charge in [-0.2, -0.15) is 0 Å². The predicted octanol–water partition coefficient (Wildman–Crippen LogP) is 5.03. The maximum absolute atomic E-state index is 12.6. The van der Waals surface area contributed by atoms with Crippen molar-refractivity contribution in [1.82, 2.24) is 0 Å². The van der Waals surface area contributed by atoms with Crippen LogP contribution in [0.5, 0.6) is 0 Å². The standard InChI is InChI=1S/C24H23NO2/c1-17-3-7-19(8-4-17)14-25-23-12-11-21(20-9-5-18(2)6-10-20)13-22(23)15-27-16-24(25)26/h3-13H,14-16H2,1-2H3. The molecular formula is C24H23NO2. The van der Waals surface area contributed by atoms with E-state index in [1.165, 1.54) is 16.7 Å². The average molecular weight is 357 g/mol. The number of fused-ring (bicyclic) bond motifs is 1. The molecule has 0 spiro atoms. The van der Waals surface area contributed by atoms with Crippen molar-refractivity contribution in [2.24, 2.45) is 0 Å². The summed E-state index contributed by atoms with van der Waals surface area (Å²) in [5, 5.41) is 0. The monoisotopic (exact) mass is 357 g/mol. The van der Waals surface area contributed by atoms with Gasteiger partial charge in [0.15, 0.2) is 0 Å².